The van der Waals surface area contributed by atoms with E-state index in [1.54, 1.807) is 0 Å². The lowest BCUT2D eigenvalue weighted by molar-refractivity contribution is 0.565. The Labute approximate surface area is 88.5 Å². The standard InChI is InChI=1S/C11H17N.C2H6/c1-10(12-2)8-9-11-6-4-3-5-7-11;1-2/h3-7,10,12H,8-9H2,1-2H3;1-2H3. The molecule has 0 aliphatic heterocycles. The molecule has 0 spiro atoms. The summed E-state index contributed by atoms with van der Waals surface area (Å²) in [5, 5.41) is 3.24. The fourth-order valence-electron chi connectivity index (χ4n) is 1.17. The van der Waals surface area contributed by atoms with Crippen molar-refractivity contribution in [3.05, 3.63) is 35.9 Å². The van der Waals surface area contributed by atoms with Gasteiger partial charge in [0.1, 0.15) is 0 Å². The smallest absolute Gasteiger partial charge is 0.00388 e. The van der Waals surface area contributed by atoms with Crippen LogP contribution in [0.4, 0.5) is 0 Å². The largest absolute Gasteiger partial charge is 0.317 e. The second-order valence-corrected chi connectivity index (χ2v) is 3.21. The van der Waals surface area contributed by atoms with Crippen LogP contribution >= 0.6 is 0 Å². The Morgan fingerprint density at radius 1 is 1.14 bits per heavy atom. The average Bonchev–Trinajstić information content (AvgIpc) is 2.30. The van der Waals surface area contributed by atoms with Crippen LogP contribution < -0.4 is 5.32 Å². The second kappa shape index (κ2) is 8.76. The van der Waals surface area contributed by atoms with E-state index in [0.29, 0.717) is 6.04 Å². The highest BCUT2D eigenvalue weighted by Gasteiger charge is 1.97. The number of nitrogens with one attached hydrogen (secondary N) is 1. The van der Waals surface area contributed by atoms with Gasteiger partial charge in [0.2, 0.25) is 0 Å². The van der Waals surface area contributed by atoms with Crippen molar-refractivity contribution >= 4 is 0 Å². The van der Waals surface area contributed by atoms with E-state index in [9.17, 15) is 0 Å². The average molecular weight is 193 g/mol. The lowest BCUT2D eigenvalue weighted by atomic mass is 10.1. The zero-order valence-corrected chi connectivity index (χ0v) is 9.88. The molecule has 1 atom stereocenters. The van der Waals surface area contributed by atoms with Crippen molar-refractivity contribution in [2.75, 3.05) is 7.05 Å². The van der Waals surface area contributed by atoms with E-state index < -0.39 is 0 Å². The summed E-state index contributed by atoms with van der Waals surface area (Å²) in [6.07, 6.45) is 2.38. The first-order valence-corrected chi connectivity index (χ1v) is 5.54. The van der Waals surface area contributed by atoms with Gasteiger partial charge in [-0.25, -0.2) is 0 Å². The van der Waals surface area contributed by atoms with Crippen molar-refractivity contribution < 1.29 is 0 Å². The highest BCUT2D eigenvalue weighted by atomic mass is 14.8. The third-order valence-electron chi connectivity index (χ3n) is 2.20. The molecular formula is C13H23N. The van der Waals surface area contributed by atoms with Gasteiger partial charge in [0, 0.05) is 6.04 Å². The van der Waals surface area contributed by atoms with Crippen LogP contribution in [0.1, 0.15) is 32.8 Å². The van der Waals surface area contributed by atoms with Gasteiger partial charge in [-0.15, -0.1) is 0 Å². The third-order valence-corrected chi connectivity index (χ3v) is 2.20. The summed E-state index contributed by atoms with van der Waals surface area (Å²) in [7, 11) is 2.01. The van der Waals surface area contributed by atoms with E-state index in [1.807, 2.05) is 20.9 Å². The lowest BCUT2D eigenvalue weighted by Crippen LogP contribution is -2.21. The van der Waals surface area contributed by atoms with Crippen molar-refractivity contribution in [2.24, 2.45) is 0 Å². The summed E-state index contributed by atoms with van der Waals surface area (Å²) < 4.78 is 0. The molecule has 1 unspecified atom stereocenters. The Kier molecular flexibility index (Phi) is 8.25. The minimum absolute atomic E-state index is 0.616. The fourth-order valence-corrected chi connectivity index (χ4v) is 1.17. The second-order valence-electron chi connectivity index (χ2n) is 3.21. The van der Waals surface area contributed by atoms with Crippen LogP contribution in [0.3, 0.4) is 0 Å². The van der Waals surface area contributed by atoms with Gasteiger partial charge in [-0.3, -0.25) is 0 Å². The Morgan fingerprint density at radius 2 is 1.71 bits per heavy atom. The van der Waals surface area contributed by atoms with Crippen LogP contribution in [-0.2, 0) is 6.42 Å². The minimum atomic E-state index is 0.616. The number of rotatable bonds is 4. The monoisotopic (exact) mass is 193 g/mol. The van der Waals surface area contributed by atoms with Crippen LogP contribution in [0, 0.1) is 0 Å². The van der Waals surface area contributed by atoms with Crippen molar-refractivity contribution in [2.45, 2.75) is 39.7 Å². The van der Waals surface area contributed by atoms with Gasteiger partial charge >= 0.3 is 0 Å². The van der Waals surface area contributed by atoms with Crippen LogP contribution in [-0.4, -0.2) is 13.1 Å². The van der Waals surface area contributed by atoms with E-state index in [1.165, 1.54) is 18.4 Å². The topological polar surface area (TPSA) is 12.0 Å². The van der Waals surface area contributed by atoms with E-state index in [-0.39, 0.29) is 0 Å². The molecule has 0 saturated carbocycles. The molecule has 1 nitrogen and oxygen atoms in total. The maximum Gasteiger partial charge on any atom is 0.00388 e. The SMILES string of the molecule is CC.CNC(C)CCc1ccccc1. The zero-order valence-electron chi connectivity index (χ0n) is 9.88. The molecular weight excluding hydrogens is 170 g/mol. The van der Waals surface area contributed by atoms with Crippen LogP contribution in [0.25, 0.3) is 0 Å². The van der Waals surface area contributed by atoms with Gasteiger partial charge in [-0.05, 0) is 32.4 Å². The van der Waals surface area contributed by atoms with Crippen LogP contribution in [0.5, 0.6) is 0 Å². The molecule has 0 fully saturated rings. The summed E-state index contributed by atoms with van der Waals surface area (Å²) >= 11 is 0. The molecule has 1 N–H and O–H groups in total. The molecule has 0 saturated heterocycles. The van der Waals surface area contributed by atoms with E-state index in [2.05, 4.69) is 42.6 Å². The molecule has 0 amide bonds. The van der Waals surface area contributed by atoms with E-state index >= 15 is 0 Å². The molecule has 14 heavy (non-hydrogen) atoms. The molecule has 0 aliphatic carbocycles. The van der Waals surface area contributed by atoms with Crippen molar-refractivity contribution in [3.63, 3.8) is 0 Å². The predicted octanol–water partition coefficient (Wildman–Crippen LogP) is 3.25. The molecule has 80 valence electrons. The molecule has 0 radical (unpaired) electrons. The molecule has 0 heterocycles. The normalized spacial score (nSPS) is 11.4. The maximum absolute atomic E-state index is 3.24. The van der Waals surface area contributed by atoms with Crippen LogP contribution in [0.15, 0.2) is 30.3 Å². The number of benzene rings is 1. The van der Waals surface area contributed by atoms with Gasteiger partial charge in [0.05, 0.1) is 0 Å². The predicted molar refractivity (Wildman–Crippen MR) is 64.6 cm³/mol. The molecule has 0 aromatic heterocycles. The minimum Gasteiger partial charge on any atom is -0.317 e. The fraction of sp³-hybridized carbons (Fsp3) is 0.538. The molecule has 1 aromatic rings. The highest BCUT2D eigenvalue weighted by molar-refractivity contribution is 5.14. The first-order valence-electron chi connectivity index (χ1n) is 5.54. The Hall–Kier alpha value is -0.820. The number of hydrogen-bond acceptors (Lipinski definition) is 1. The number of aryl methyl sites for hydroxylation is 1. The Morgan fingerprint density at radius 3 is 2.21 bits per heavy atom. The van der Waals surface area contributed by atoms with Crippen molar-refractivity contribution in [1.29, 1.82) is 0 Å². The van der Waals surface area contributed by atoms with E-state index in [4.69, 9.17) is 0 Å². The summed E-state index contributed by atoms with van der Waals surface area (Å²) in [5.74, 6) is 0. The van der Waals surface area contributed by atoms with Gasteiger partial charge in [-0.1, -0.05) is 44.2 Å². The van der Waals surface area contributed by atoms with Crippen LogP contribution in [0.2, 0.25) is 0 Å². The van der Waals surface area contributed by atoms with Gasteiger partial charge in [0.25, 0.3) is 0 Å². The zero-order chi connectivity index (χ0) is 10.8. The molecule has 0 aliphatic rings. The summed E-state index contributed by atoms with van der Waals surface area (Å²) in [4.78, 5) is 0. The first-order chi connectivity index (χ1) is 6.83. The van der Waals surface area contributed by atoms with Gasteiger partial charge in [-0.2, -0.15) is 0 Å². The van der Waals surface area contributed by atoms with E-state index in [0.717, 1.165) is 0 Å². The molecule has 1 heteroatoms. The number of hydrogen-bond donors (Lipinski definition) is 1. The lowest BCUT2D eigenvalue weighted by Gasteiger charge is -2.08. The van der Waals surface area contributed by atoms with Crippen molar-refractivity contribution in [1.82, 2.24) is 5.32 Å². The first kappa shape index (κ1) is 13.2. The summed E-state index contributed by atoms with van der Waals surface area (Å²) in [6.45, 7) is 6.21. The quantitative estimate of drug-likeness (QED) is 0.774. The summed E-state index contributed by atoms with van der Waals surface area (Å²) in [5.41, 5.74) is 1.43. The maximum atomic E-state index is 3.24. The molecule has 1 rings (SSSR count). The van der Waals surface area contributed by atoms with Crippen molar-refractivity contribution in [3.8, 4) is 0 Å². The summed E-state index contributed by atoms with van der Waals surface area (Å²) in [6, 6.07) is 11.2. The molecule has 0 bridgehead atoms. The van der Waals surface area contributed by atoms with Gasteiger partial charge < -0.3 is 5.32 Å². The third kappa shape index (κ3) is 5.76. The van der Waals surface area contributed by atoms with Gasteiger partial charge in [0.15, 0.2) is 0 Å². The molecule has 1 aromatic carbocycles. The Balaban J connectivity index is 0.000000791. The Bertz CT molecular complexity index is 206. The highest BCUT2D eigenvalue weighted by Crippen LogP contribution is 2.03.